The van der Waals surface area contributed by atoms with Gasteiger partial charge in [-0.05, 0) is 25.1 Å². The molecule has 0 aliphatic heterocycles. The van der Waals surface area contributed by atoms with E-state index in [0.29, 0.717) is 5.56 Å². The highest BCUT2D eigenvalue weighted by Crippen LogP contribution is 2.25. The van der Waals surface area contributed by atoms with Gasteiger partial charge >= 0.3 is 5.97 Å². The van der Waals surface area contributed by atoms with Crippen LogP contribution in [-0.2, 0) is 14.8 Å². The Bertz CT molecular complexity index is 908. The Hall–Kier alpha value is -2.94. The molecule has 0 aliphatic carbocycles. The number of hydrogen-bond acceptors (Lipinski definition) is 6. The molecule has 2 aromatic rings. The molecule has 0 bridgehead atoms. The predicted octanol–water partition coefficient (Wildman–Crippen LogP) is 2.49. The predicted molar refractivity (Wildman–Crippen MR) is 86.4 cm³/mol. The van der Waals surface area contributed by atoms with Gasteiger partial charge in [0, 0.05) is 11.6 Å². The summed E-state index contributed by atoms with van der Waals surface area (Å²) in [5, 5.41) is 11.0. The zero-order valence-electron chi connectivity index (χ0n) is 12.8. The van der Waals surface area contributed by atoms with Crippen molar-refractivity contribution in [3.8, 4) is 0 Å². The first-order chi connectivity index (χ1) is 11.3. The molecule has 0 aromatic heterocycles. The van der Waals surface area contributed by atoms with Crippen molar-refractivity contribution < 1.29 is 22.9 Å². The summed E-state index contributed by atoms with van der Waals surface area (Å²) in [6.07, 6.45) is 0. The largest absolute Gasteiger partial charge is 0.465 e. The lowest BCUT2D eigenvalue weighted by Gasteiger charge is -2.11. The van der Waals surface area contributed by atoms with Gasteiger partial charge in [0.2, 0.25) is 0 Å². The van der Waals surface area contributed by atoms with Crippen LogP contribution in [0.25, 0.3) is 0 Å². The minimum Gasteiger partial charge on any atom is -0.465 e. The number of ether oxygens (including phenoxy) is 1. The summed E-state index contributed by atoms with van der Waals surface area (Å²) >= 11 is 0. The number of hydrogen-bond donors (Lipinski definition) is 1. The summed E-state index contributed by atoms with van der Waals surface area (Å²) in [4.78, 5) is 21.7. The van der Waals surface area contributed by atoms with Crippen LogP contribution in [-0.4, -0.2) is 26.4 Å². The van der Waals surface area contributed by atoms with Crippen molar-refractivity contribution >= 4 is 27.4 Å². The Kier molecular flexibility index (Phi) is 4.84. The normalized spacial score (nSPS) is 10.9. The van der Waals surface area contributed by atoms with Crippen LogP contribution in [0.5, 0.6) is 0 Å². The van der Waals surface area contributed by atoms with Gasteiger partial charge < -0.3 is 4.74 Å². The van der Waals surface area contributed by atoms with Crippen molar-refractivity contribution in [2.24, 2.45) is 0 Å². The van der Waals surface area contributed by atoms with Crippen LogP contribution >= 0.6 is 0 Å². The monoisotopic (exact) mass is 350 g/mol. The highest BCUT2D eigenvalue weighted by molar-refractivity contribution is 7.92. The third-order valence-electron chi connectivity index (χ3n) is 3.26. The van der Waals surface area contributed by atoms with Gasteiger partial charge in [-0.1, -0.05) is 18.2 Å². The molecule has 0 saturated carbocycles. The van der Waals surface area contributed by atoms with E-state index >= 15 is 0 Å². The molecule has 0 fully saturated rings. The summed E-state index contributed by atoms with van der Waals surface area (Å²) in [7, 11) is -2.94. The van der Waals surface area contributed by atoms with E-state index in [0.717, 1.165) is 6.07 Å². The Labute approximate surface area is 138 Å². The van der Waals surface area contributed by atoms with Crippen molar-refractivity contribution in [1.29, 1.82) is 0 Å². The van der Waals surface area contributed by atoms with Gasteiger partial charge in [-0.2, -0.15) is 0 Å². The fourth-order valence-electron chi connectivity index (χ4n) is 2.02. The van der Waals surface area contributed by atoms with Crippen LogP contribution in [0.1, 0.15) is 15.9 Å². The minimum atomic E-state index is -4.11. The summed E-state index contributed by atoms with van der Waals surface area (Å²) in [5.74, 6) is -0.705. The molecule has 9 heteroatoms. The average molecular weight is 350 g/mol. The maximum absolute atomic E-state index is 12.5. The second-order valence-electron chi connectivity index (χ2n) is 4.85. The van der Waals surface area contributed by atoms with Gasteiger partial charge in [0.15, 0.2) is 0 Å². The first-order valence-corrected chi connectivity index (χ1v) is 8.20. The summed E-state index contributed by atoms with van der Waals surface area (Å²) in [5.41, 5.74) is 0.0887. The van der Waals surface area contributed by atoms with Crippen molar-refractivity contribution in [3.63, 3.8) is 0 Å². The fourth-order valence-corrected chi connectivity index (χ4v) is 3.12. The van der Waals surface area contributed by atoms with Gasteiger partial charge in [0.25, 0.3) is 15.7 Å². The molecular formula is C15H14N2O6S. The van der Waals surface area contributed by atoms with Crippen LogP contribution in [0.2, 0.25) is 0 Å². The number of rotatable bonds is 5. The van der Waals surface area contributed by atoms with E-state index in [1.807, 2.05) is 0 Å². The number of anilines is 1. The van der Waals surface area contributed by atoms with Gasteiger partial charge in [0.05, 0.1) is 28.2 Å². The molecule has 8 nitrogen and oxygen atoms in total. The van der Waals surface area contributed by atoms with E-state index in [-0.39, 0.29) is 21.8 Å². The van der Waals surface area contributed by atoms with E-state index in [2.05, 4.69) is 9.46 Å². The smallest absolute Gasteiger partial charge is 0.339 e. The molecule has 0 heterocycles. The number of nitrogens with one attached hydrogen (secondary N) is 1. The Morgan fingerprint density at radius 1 is 1.21 bits per heavy atom. The van der Waals surface area contributed by atoms with Crippen LogP contribution in [0.15, 0.2) is 47.4 Å². The number of carbonyl (C=O) groups excluding carboxylic acids is 1. The molecule has 1 N–H and O–H groups in total. The van der Waals surface area contributed by atoms with E-state index in [1.165, 1.54) is 38.3 Å². The van der Waals surface area contributed by atoms with E-state index < -0.39 is 20.9 Å². The number of benzene rings is 2. The van der Waals surface area contributed by atoms with Gasteiger partial charge in [-0.25, -0.2) is 13.2 Å². The maximum Gasteiger partial charge on any atom is 0.339 e. The Morgan fingerprint density at radius 3 is 2.50 bits per heavy atom. The van der Waals surface area contributed by atoms with Crippen molar-refractivity contribution in [3.05, 3.63) is 63.7 Å². The molecule has 24 heavy (non-hydrogen) atoms. The second-order valence-corrected chi connectivity index (χ2v) is 6.53. The van der Waals surface area contributed by atoms with Gasteiger partial charge in [-0.15, -0.1) is 0 Å². The third-order valence-corrected chi connectivity index (χ3v) is 4.63. The zero-order chi connectivity index (χ0) is 17.9. The average Bonchev–Trinajstić information content (AvgIpc) is 2.54. The summed E-state index contributed by atoms with van der Waals surface area (Å²) in [6, 6.07) is 9.47. The summed E-state index contributed by atoms with van der Waals surface area (Å²) < 4.78 is 31.8. The minimum absolute atomic E-state index is 0.0209. The number of esters is 1. The maximum atomic E-state index is 12.5. The topological polar surface area (TPSA) is 116 Å². The highest BCUT2D eigenvalue weighted by Gasteiger charge is 2.22. The van der Waals surface area contributed by atoms with Crippen molar-refractivity contribution in [2.45, 2.75) is 11.8 Å². The molecule has 2 aromatic carbocycles. The van der Waals surface area contributed by atoms with Crippen LogP contribution in [0.3, 0.4) is 0 Å². The molecule has 0 amide bonds. The molecule has 0 unspecified atom stereocenters. The lowest BCUT2D eigenvalue weighted by atomic mass is 10.2. The molecule has 126 valence electrons. The lowest BCUT2D eigenvalue weighted by molar-refractivity contribution is -0.385. The van der Waals surface area contributed by atoms with E-state index in [1.54, 1.807) is 12.1 Å². The number of nitro benzene ring substituents is 1. The number of nitrogens with zero attached hydrogens (tertiary/aromatic N) is 1. The number of sulfonamides is 1. The third kappa shape index (κ3) is 3.51. The SMILES string of the molecule is COC(=O)c1ccccc1NS(=O)(=O)c1ccc(C)c([N+](=O)[O-])c1. The van der Waals surface area contributed by atoms with Crippen molar-refractivity contribution in [2.75, 3.05) is 11.8 Å². The van der Waals surface area contributed by atoms with Crippen LogP contribution in [0, 0.1) is 17.0 Å². The number of aryl methyl sites for hydroxylation is 1. The Morgan fingerprint density at radius 2 is 1.88 bits per heavy atom. The van der Waals surface area contributed by atoms with E-state index in [9.17, 15) is 23.3 Å². The second kappa shape index (κ2) is 6.67. The van der Waals surface area contributed by atoms with Crippen LogP contribution < -0.4 is 4.72 Å². The standard InChI is InChI=1S/C15H14N2O6S/c1-10-7-8-11(9-14(10)17(19)20)24(21,22)16-13-6-4-3-5-12(13)15(18)23-2/h3-9,16H,1-2H3. The van der Waals surface area contributed by atoms with Gasteiger partial charge in [0.1, 0.15) is 0 Å². The molecule has 2 rings (SSSR count). The Balaban J connectivity index is 2.45. The van der Waals surface area contributed by atoms with Crippen LogP contribution in [0.4, 0.5) is 11.4 Å². The number of para-hydroxylation sites is 1. The molecule has 0 atom stereocenters. The molecule has 0 aliphatic rings. The molecule has 0 spiro atoms. The fraction of sp³-hybridized carbons (Fsp3) is 0.133. The number of nitro groups is 1. The first-order valence-electron chi connectivity index (χ1n) is 6.71. The quantitative estimate of drug-likeness (QED) is 0.503. The lowest BCUT2D eigenvalue weighted by Crippen LogP contribution is -2.16. The van der Waals surface area contributed by atoms with Gasteiger partial charge in [-0.3, -0.25) is 14.8 Å². The summed E-state index contributed by atoms with van der Waals surface area (Å²) in [6.45, 7) is 1.51. The molecule has 0 saturated heterocycles. The number of carbonyl (C=O) groups is 1. The zero-order valence-corrected chi connectivity index (χ0v) is 13.7. The molecular weight excluding hydrogens is 336 g/mol. The first kappa shape index (κ1) is 17.4. The van der Waals surface area contributed by atoms with E-state index in [4.69, 9.17) is 0 Å². The number of methoxy groups -OCH3 is 1. The van der Waals surface area contributed by atoms with Crippen molar-refractivity contribution in [1.82, 2.24) is 0 Å². The molecule has 0 radical (unpaired) electrons. The highest BCUT2D eigenvalue weighted by atomic mass is 32.2.